The lowest BCUT2D eigenvalue weighted by molar-refractivity contribution is 0.0953. The maximum Gasteiger partial charge on any atom is 0.259 e. The van der Waals surface area contributed by atoms with E-state index in [1.54, 1.807) is 4.52 Å². The van der Waals surface area contributed by atoms with Crippen molar-refractivity contribution in [2.24, 2.45) is 0 Å². The molecule has 3 rings (SSSR count). The maximum atomic E-state index is 12.4. The molecule has 23 heavy (non-hydrogen) atoms. The highest BCUT2D eigenvalue weighted by molar-refractivity contribution is 6.04. The largest absolute Gasteiger partial charge is 0.381 e. The number of rotatable bonds is 5. The summed E-state index contributed by atoms with van der Waals surface area (Å²) >= 11 is 0. The molecule has 1 saturated heterocycles. The van der Waals surface area contributed by atoms with Gasteiger partial charge in [-0.1, -0.05) is 0 Å². The van der Waals surface area contributed by atoms with Crippen molar-refractivity contribution in [2.75, 3.05) is 50.9 Å². The van der Waals surface area contributed by atoms with Crippen LogP contribution in [0.25, 0.3) is 5.65 Å². The summed E-state index contributed by atoms with van der Waals surface area (Å²) in [5.41, 5.74) is 6.79. The third-order valence-electron chi connectivity index (χ3n) is 4.00. The van der Waals surface area contributed by atoms with Crippen molar-refractivity contribution in [1.82, 2.24) is 24.8 Å². The van der Waals surface area contributed by atoms with E-state index in [0.29, 0.717) is 17.8 Å². The number of hydrogen-bond donors (Lipinski definition) is 2. The number of carbonyl (C=O) groups is 1. The van der Waals surface area contributed by atoms with Gasteiger partial charge in [0.1, 0.15) is 11.4 Å². The van der Waals surface area contributed by atoms with E-state index in [4.69, 9.17) is 5.73 Å². The third kappa shape index (κ3) is 3.21. The Bertz CT molecular complexity index is 703. The molecule has 0 aromatic carbocycles. The zero-order valence-corrected chi connectivity index (χ0v) is 13.6. The van der Waals surface area contributed by atoms with Crippen molar-refractivity contribution in [3.05, 3.63) is 17.8 Å². The van der Waals surface area contributed by atoms with E-state index in [2.05, 4.69) is 20.3 Å². The third-order valence-corrected chi connectivity index (χ3v) is 4.00. The van der Waals surface area contributed by atoms with E-state index in [1.165, 1.54) is 12.8 Å². The van der Waals surface area contributed by atoms with Crippen LogP contribution in [0.1, 0.15) is 23.2 Å². The first-order valence-corrected chi connectivity index (χ1v) is 7.89. The van der Waals surface area contributed by atoms with Gasteiger partial charge in [-0.15, -0.1) is 5.10 Å². The molecule has 0 aliphatic carbocycles. The number of likely N-dealkylation sites (N-methyl/N-ethyl adjacent to an activating group) is 1. The number of aromatic nitrogens is 3. The smallest absolute Gasteiger partial charge is 0.259 e. The van der Waals surface area contributed by atoms with Gasteiger partial charge in [0.05, 0.1) is 0 Å². The van der Waals surface area contributed by atoms with E-state index in [0.717, 1.165) is 25.5 Å². The normalized spacial score (nSPS) is 14.8. The summed E-state index contributed by atoms with van der Waals surface area (Å²) in [6, 6.07) is 1.92. The Morgan fingerprint density at radius 1 is 1.39 bits per heavy atom. The predicted molar refractivity (Wildman–Crippen MR) is 89.7 cm³/mol. The molecule has 1 fully saturated rings. The average Bonchev–Trinajstić information content (AvgIpc) is 3.12. The molecule has 1 aliphatic heterocycles. The van der Waals surface area contributed by atoms with Crippen molar-refractivity contribution < 1.29 is 4.79 Å². The molecule has 0 atom stereocenters. The van der Waals surface area contributed by atoms with Crippen LogP contribution in [0.3, 0.4) is 0 Å². The van der Waals surface area contributed by atoms with Gasteiger partial charge in [-0.25, -0.2) is 9.50 Å². The molecule has 8 nitrogen and oxygen atoms in total. The van der Waals surface area contributed by atoms with Gasteiger partial charge in [-0.05, 0) is 33.0 Å². The Kier molecular flexibility index (Phi) is 4.33. The Morgan fingerprint density at radius 2 is 2.13 bits per heavy atom. The molecule has 0 unspecified atom stereocenters. The van der Waals surface area contributed by atoms with Crippen LogP contribution in [0.5, 0.6) is 0 Å². The lowest BCUT2D eigenvalue weighted by Crippen LogP contribution is -2.31. The summed E-state index contributed by atoms with van der Waals surface area (Å²) in [7, 11) is 3.92. The minimum absolute atomic E-state index is 0.207. The average molecular weight is 317 g/mol. The van der Waals surface area contributed by atoms with Gasteiger partial charge >= 0.3 is 0 Å². The fraction of sp³-hybridized carbons (Fsp3) is 0.533. The van der Waals surface area contributed by atoms with Crippen LogP contribution in [0.2, 0.25) is 0 Å². The lowest BCUT2D eigenvalue weighted by Gasteiger charge is -2.16. The molecule has 2 aromatic heterocycles. The number of nitrogens with two attached hydrogens (primary N) is 1. The van der Waals surface area contributed by atoms with E-state index in [9.17, 15) is 4.79 Å². The second-order valence-electron chi connectivity index (χ2n) is 6.07. The van der Waals surface area contributed by atoms with Gasteiger partial charge in [0.15, 0.2) is 11.5 Å². The molecule has 3 N–H and O–H groups in total. The number of nitrogens with zero attached hydrogens (tertiary/aromatic N) is 5. The van der Waals surface area contributed by atoms with Gasteiger partial charge in [-0.2, -0.15) is 0 Å². The Balaban J connectivity index is 1.87. The van der Waals surface area contributed by atoms with Crippen LogP contribution in [-0.2, 0) is 0 Å². The van der Waals surface area contributed by atoms with Crippen molar-refractivity contribution >= 4 is 23.2 Å². The predicted octanol–water partition coefficient (Wildman–Crippen LogP) is 0.203. The summed E-state index contributed by atoms with van der Waals surface area (Å²) in [4.78, 5) is 21.3. The molecule has 8 heteroatoms. The van der Waals surface area contributed by atoms with Crippen molar-refractivity contribution in [3.63, 3.8) is 0 Å². The van der Waals surface area contributed by atoms with Crippen LogP contribution < -0.4 is 16.0 Å². The molecular weight excluding hydrogens is 294 g/mol. The maximum absolute atomic E-state index is 12.4. The van der Waals surface area contributed by atoms with Gasteiger partial charge in [0.25, 0.3) is 5.91 Å². The van der Waals surface area contributed by atoms with E-state index < -0.39 is 0 Å². The van der Waals surface area contributed by atoms with E-state index in [1.807, 2.05) is 31.3 Å². The van der Waals surface area contributed by atoms with E-state index >= 15 is 0 Å². The highest BCUT2D eigenvalue weighted by atomic mass is 16.1. The molecule has 1 amide bonds. The minimum atomic E-state index is -0.231. The molecule has 0 spiro atoms. The van der Waals surface area contributed by atoms with Crippen LogP contribution in [0.4, 0.5) is 11.6 Å². The molecule has 124 valence electrons. The highest BCUT2D eigenvalue weighted by Gasteiger charge is 2.21. The van der Waals surface area contributed by atoms with Gasteiger partial charge in [0.2, 0.25) is 0 Å². The molecule has 0 saturated carbocycles. The molecule has 0 bridgehead atoms. The molecule has 1 aliphatic rings. The number of hydrogen-bond acceptors (Lipinski definition) is 6. The van der Waals surface area contributed by atoms with Gasteiger partial charge < -0.3 is 20.9 Å². The van der Waals surface area contributed by atoms with Crippen molar-refractivity contribution in [2.45, 2.75) is 12.8 Å². The Labute approximate surface area is 135 Å². The molecule has 2 aromatic rings. The quantitative estimate of drug-likeness (QED) is 0.819. The zero-order valence-electron chi connectivity index (χ0n) is 13.6. The Hall–Kier alpha value is -2.35. The van der Waals surface area contributed by atoms with Crippen LogP contribution >= 0.6 is 0 Å². The van der Waals surface area contributed by atoms with Crippen LogP contribution in [0, 0.1) is 0 Å². The number of carbonyl (C=O) groups excluding carboxylic acids is 1. The minimum Gasteiger partial charge on any atom is -0.381 e. The Morgan fingerprint density at radius 3 is 2.83 bits per heavy atom. The number of anilines is 2. The summed E-state index contributed by atoms with van der Waals surface area (Å²) in [6.07, 6.45) is 4.15. The summed E-state index contributed by atoms with van der Waals surface area (Å²) < 4.78 is 1.57. The molecule has 3 heterocycles. The second-order valence-corrected chi connectivity index (χ2v) is 6.07. The first-order valence-electron chi connectivity index (χ1n) is 7.89. The van der Waals surface area contributed by atoms with Gasteiger partial charge in [-0.3, -0.25) is 4.79 Å². The summed E-state index contributed by atoms with van der Waals surface area (Å²) in [5, 5.41) is 7.06. The first kappa shape index (κ1) is 15.5. The second kappa shape index (κ2) is 6.41. The van der Waals surface area contributed by atoms with Gasteiger partial charge in [0, 0.05) is 32.4 Å². The fourth-order valence-corrected chi connectivity index (χ4v) is 2.76. The topological polar surface area (TPSA) is 91.8 Å². The zero-order chi connectivity index (χ0) is 16.4. The number of nitrogens with one attached hydrogen (secondary N) is 1. The monoisotopic (exact) mass is 317 g/mol. The number of amides is 1. The summed E-state index contributed by atoms with van der Waals surface area (Å²) in [5.74, 6) is 0.848. The lowest BCUT2D eigenvalue weighted by atomic mass is 10.3. The first-order chi connectivity index (χ1) is 11.1. The van der Waals surface area contributed by atoms with Crippen LogP contribution in [0.15, 0.2) is 12.3 Å². The van der Waals surface area contributed by atoms with Crippen molar-refractivity contribution in [3.8, 4) is 0 Å². The number of nitrogen functional groups attached to an aromatic ring is 1. The molecule has 0 radical (unpaired) electrons. The highest BCUT2D eigenvalue weighted by Crippen LogP contribution is 2.22. The standard InChI is InChI=1S/C15H23N7O/c1-20(2)10-6-17-15(23)12-13(16)19-22-9-5-11(18-14(12)22)21-7-3-4-8-21/h5,9H,3-4,6-8,10H2,1-2H3,(H2,16,19)(H,17,23). The number of fused-ring (bicyclic) bond motifs is 1. The molecular formula is C15H23N7O. The fourth-order valence-electron chi connectivity index (χ4n) is 2.76. The SMILES string of the molecule is CN(C)CCNC(=O)c1c(N)nn2ccc(N3CCCC3)nc12. The summed E-state index contributed by atoms with van der Waals surface area (Å²) in [6.45, 7) is 3.31. The van der Waals surface area contributed by atoms with E-state index in [-0.39, 0.29) is 11.7 Å². The van der Waals surface area contributed by atoms with Crippen molar-refractivity contribution in [1.29, 1.82) is 0 Å². The van der Waals surface area contributed by atoms with Crippen LogP contribution in [-0.4, -0.2) is 65.7 Å².